The van der Waals surface area contributed by atoms with Gasteiger partial charge in [0.2, 0.25) is 0 Å². The third-order valence-electron chi connectivity index (χ3n) is 3.37. The van der Waals surface area contributed by atoms with Crippen molar-refractivity contribution in [3.63, 3.8) is 0 Å². The highest BCUT2D eigenvalue weighted by atomic mass is 19.4. The van der Waals surface area contributed by atoms with E-state index >= 15 is 0 Å². The van der Waals surface area contributed by atoms with Crippen molar-refractivity contribution in [2.75, 3.05) is 0 Å². The van der Waals surface area contributed by atoms with Crippen LogP contribution in [0.25, 0.3) is 28.8 Å². The highest BCUT2D eigenvalue weighted by Crippen LogP contribution is 2.31. The zero-order valence-corrected chi connectivity index (χ0v) is 12.7. The van der Waals surface area contributed by atoms with Crippen LogP contribution in [0.15, 0.2) is 40.9 Å². The Hall–Kier alpha value is -3.30. The molecule has 0 bridgehead atoms. The first-order chi connectivity index (χ1) is 11.9. The molecule has 4 aromatic rings. The summed E-state index contributed by atoms with van der Waals surface area (Å²) < 4.78 is 45.7. The zero-order valence-electron chi connectivity index (χ0n) is 12.7. The summed E-state index contributed by atoms with van der Waals surface area (Å²) in [6.45, 7) is 1.48. The van der Waals surface area contributed by atoms with Gasteiger partial charge in [0.1, 0.15) is 11.4 Å². The van der Waals surface area contributed by atoms with Gasteiger partial charge < -0.3 is 4.42 Å². The van der Waals surface area contributed by atoms with Crippen LogP contribution in [0.1, 0.15) is 11.4 Å². The van der Waals surface area contributed by atoms with Crippen LogP contribution in [-0.4, -0.2) is 29.8 Å². The third kappa shape index (κ3) is 2.71. The average molecular weight is 346 g/mol. The predicted molar refractivity (Wildman–Crippen MR) is 79.2 cm³/mol. The summed E-state index contributed by atoms with van der Waals surface area (Å²) in [5, 5.41) is 11.6. The van der Waals surface area contributed by atoms with Gasteiger partial charge in [-0.25, -0.2) is 9.50 Å². The smallest absolute Gasteiger partial charge is 0.413 e. The Morgan fingerprint density at radius 3 is 2.48 bits per heavy atom. The number of fused-ring (bicyclic) bond motifs is 1. The monoisotopic (exact) mass is 346 g/mol. The fourth-order valence-electron chi connectivity index (χ4n) is 2.33. The SMILES string of the molecule is Cc1cc(C(F)(F)F)n2nc(-c3nnc(-c4ccccn4)o3)cc2n1. The molecular weight excluding hydrogens is 337 g/mol. The number of aryl methyl sites for hydroxylation is 1. The largest absolute Gasteiger partial charge is 0.433 e. The Labute approximate surface area is 138 Å². The summed E-state index contributed by atoms with van der Waals surface area (Å²) in [7, 11) is 0. The van der Waals surface area contributed by atoms with E-state index in [1.165, 1.54) is 13.0 Å². The molecule has 0 saturated carbocycles. The normalized spacial score (nSPS) is 12.0. The Kier molecular flexibility index (Phi) is 3.27. The summed E-state index contributed by atoms with van der Waals surface area (Å²) in [6, 6.07) is 7.44. The minimum atomic E-state index is -4.57. The molecule has 0 aliphatic rings. The first kappa shape index (κ1) is 15.2. The van der Waals surface area contributed by atoms with Gasteiger partial charge in [0.05, 0.1) is 0 Å². The topological polar surface area (TPSA) is 82.0 Å². The maximum Gasteiger partial charge on any atom is 0.433 e. The predicted octanol–water partition coefficient (Wildman–Crippen LogP) is 3.17. The fraction of sp³-hybridized carbons (Fsp3) is 0.133. The molecule has 0 aliphatic heterocycles. The van der Waals surface area contributed by atoms with Gasteiger partial charge in [-0.15, -0.1) is 10.2 Å². The van der Waals surface area contributed by atoms with Crippen molar-refractivity contribution in [1.29, 1.82) is 0 Å². The second-order valence-electron chi connectivity index (χ2n) is 5.21. The standard InChI is InChI=1S/C15H9F3N6O/c1-8-6-11(15(16,17)18)24-12(20-8)7-10(23-24)14-22-21-13(25-14)9-4-2-3-5-19-9/h2-7H,1H3. The summed E-state index contributed by atoms with van der Waals surface area (Å²) in [6.07, 6.45) is -3.00. The van der Waals surface area contributed by atoms with Crippen LogP contribution in [0.5, 0.6) is 0 Å². The quantitative estimate of drug-likeness (QED) is 0.554. The Bertz CT molecular complexity index is 1050. The van der Waals surface area contributed by atoms with Crippen LogP contribution in [-0.2, 0) is 6.18 Å². The minimum absolute atomic E-state index is 0.0167. The summed E-state index contributed by atoms with van der Waals surface area (Å²) in [5.41, 5.74) is -0.107. The van der Waals surface area contributed by atoms with Crippen LogP contribution in [0.3, 0.4) is 0 Å². The van der Waals surface area contributed by atoms with Gasteiger partial charge in [-0.3, -0.25) is 4.98 Å². The Morgan fingerprint density at radius 1 is 1.04 bits per heavy atom. The minimum Gasteiger partial charge on any atom is -0.413 e. The summed E-state index contributed by atoms with van der Waals surface area (Å²) in [5.74, 6) is 0.129. The lowest BCUT2D eigenvalue weighted by molar-refractivity contribution is -0.142. The van der Waals surface area contributed by atoms with Gasteiger partial charge in [-0.05, 0) is 25.1 Å². The van der Waals surface area contributed by atoms with Gasteiger partial charge >= 0.3 is 6.18 Å². The molecule has 4 heterocycles. The highest BCUT2D eigenvalue weighted by molar-refractivity contribution is 5.58. The molecule has 0 atom stereocenters. The lowest BCUT2D eigenvalue weighted by Crippen LogP contribution is -2.13. The van der Waals surface area contributed by atoms with Crippen LogP contribution in [0.2, 0.25) is 0 Å². The number of rotatable bonds is 2. The number of nitrogens with zero attached hydrogens (tertiary/aromatic N) is 6. The molecule has 4 rings (SSSR count). The first-order valence-corrected chi connectivity index (χ1v) is 7.12. The van der Waals surface area contributed by atoms with E-state index in [1.54, 1.807) is 24.4 Å². The van der Waals surface area contributed by atoms with E-state index in [2.05, 4.69) is 25.3 Å². The van der Waals surface area contributed by atoms with Crippen LogP contribution in [0, 0.1) is 6.92 Å². The third-order valence-corrected chi connectivity index (χ3v) is 3.37. The molecule has 0 unspecified atom stereocenters. The van der Waals surface area contributed by atoms with E-state index in [-0.39, 0.29) is 28.8 Å². The van der Waals surface area contributed by atoms with E-state index in [9.17, 15) is 13.2 Å². The summed E-state index contributed by atoms with van der Waals surface area (Å²) in [4.78, 5) is 8.13. The molecule has 0 N–H and O–H groups in total. The van der Waals surface area contributed by atoms with E-state index in [0.717, 1.165) is 6.07 Å². The number of hydrogen-bond donors (Lipinski definition) is 0. The Balaban J connectivity index is 1.82. The molecule has 0 radical (unpaired) electrons. The van der Waals surface area contributed by atoms with E-state index in [1.807, 2.05) is 0 Å². The molecular formula is C15H9F3N6O. The van der Waals surface area contributed by atoms with Crippen LogP contribution >= 0.6 is 0 Å². The van der Waals surface area contributed by atoms with Crippen molar-refractivity contribution >= 4 is 5.65 Å². The lowest BCUT2D eigenvalue weighted by atomic mass is 10.3. The second-order valence-corrected chi connectivity index (χ2v) is 5.21. The molecule has 25 heavy (non-hydrogen) atoms. The number of pyridine rings is 1. The molecule has 0 fully saturated rings. The van der Waals surface area contributed by atoms with Crippen LogP contribution < -0.4 is 0 Å². The van der Waals surface area contributed by atoms with Crippen molar-refractivity contribution in [2.24, 2.45) is 0 Å². The van der Waals surface area contributed by atoms with Crippen LogP contribution in [0.4, 0.5) is 13.2 Å². The van der Waals surface area contributed by atoms with E-state index < -0.39 is 11.9 Å². The highest BCUT2D eigenvalue weighted by Gasteiger charge is 2.35. The maximum absolute atomic E-state index is 13.2. The van der Waals surface area contributed by atoms with Gasteiger partial charge in [0, 0.05) is 18.0 Å². The van der Waals surface area contributed by atoms with Crippen molar-refractivity contribution in [2.45, 2.75) is 13.1 Å². The molecule has 126 valence electrons. The average Bonchev–Trinajstić information content (AvgIpc) is 3.20. The molecule has 7 nitrogen and oxygen atoms in total. The van der Waals surface area contributed by atoms with Gasteiger partial charge in [-0.1, -0.05) is 6.07 Å². The first-order valence-electron chi connectivity index (χ1n) is 7.12. The number of hydrogen-bond acceptors (Lipinski definition) is 6. The molecule has 0 aliphatic carbocycles. The number of halogens is 3. The lowest BCUT2D eigenvalue weighted by Gasteiger charge is -2.08. The molecule has 4 aromatic heterocycles. The van der Waals surface area contributed by atoms with E-state index in [0.29, 0.717) is 10.2 Å². The molecule has 0 saturated heterocycles. The molecule has 0 aromatic carbocycles. The molecule has 0 amide bonds. The van der Waals surface area contributed by atoms with Gasteiger partial charge in [-0.2, -0.15) is 18.3 Å². The molecule has 0 spiro atoms. The van der Waals surface area contributed by atoms with Gasteiger partial charge in [0.25, 0.3) is 11.8 Å². The summed E-state index contributed by atoms with van der Waals surface area (Å²) >= 11 is 0. The number of aromatic nitrogens is 6. The molecule has 10 heteroatoms. The Morgan fingerprint density at radius 2 is 1.80 bits per heavy atom. The number of alkyl halides is 3. The van der Waals surface area contributed by atoms with E-state index in [4.69, 9.17) is 4.42 Å². The fourth-order valence-corrected chi connectivity index (χ4v) is 2.33. The zero-order chi connectivity index (χ0) is 17.6. The second kappa shape index (κ2) is 5.36. The van der Waals surface area contributed by atoms with Gasteiger partial charge in [0.15, 0.2) is 11.3 Å². The van der Waals surface area contributed by atoms with Crippen molar-refractivity contribution in [3.05, 3.63) is 47.9 Å². The van der Waals surface area contributed by atoms with Crippen molar-refractivity contribution < 1.29 is 17.6 Å². The maximum atomic E-state index is 13.2. The van der Waals surface area contributed by atoms with Crippen molar-refractivity contribution in [3.8, 4) is 23.2 Å². The van der Waals surface area contributed by atoms with Crippen molar-refractivity contribution in [1.82, 2.24) is 29.8 Å².